The van der Waals surface area contributed by atoms with Crippen molar-refractivity contribution in [2.75, 3.05) is 26.6 Å². The van der Waals surface area contributed by atoms with E-state index in [-0.39, 0.29) is 5.91 Å². The van der Waals surface area contributed by atoms with Gasteiger partial charge in [-0.15, -0.1) is 0 Å². The van der Waals surface area contributed by atoms with Gasteiger partial charge in [0.2, 0.25) is 0 Å². The maximum Gasteiger partial charge on any atom is 0.337 e. The summed E-state index contributed by atoms with van der Waals surface area (Å²) in [5, 5.41) is 2.74. The quantitative estimate of drug-likeness (QED) is 0.859. The van der Waals surface area contributed by atoms with E-state index in [0.29, 0.717) is 28.3 Å². The lowest BCUT2D eigenvalue weighted by Gasteiger charge is -2.10. The first-order valence-corrected chi connectivity index (χ1v) is 6.80. The predicted octanol–water partition coefficient (Wildman–Crippen LogP) is 2.74. The molecule has 0 fully saturated rings. The summed E-state index contributed by atoms with van der Waals surface area (Å²) in [5.41, 5.74) is 1.41. The van der Waals surface area contributed by atoms with Gasteiger partial charge in [-0.05, 0) is 42.5 Å². The summed E-state index contributed by atoms with van der Waals surface area (Å²) in [7, 11) is 4.35. The smallest absolute Gasteiger partial charge is 0.337 e. The highest BCUT2D eigenvalue weighted by Gasteiger charge is 2.11. The van der Waals surface area contributed by atoms with E-state index in [1.165, 1.54) is 21.3 Å². The molecule has 0 radical (unpaired) electrons. The molecule has 1 N–H and O–H groups in total. The molecule has 0 atom stereocenters. The maximum absolute atomic E-state index is 12.3. The number of amides is 1. The largest absolute Gasteiger partial charge is 0.493 e. The van der Waals surface area contributed by atoms with Crippen LogP contribution in [0.15, 0.2) is 42.5 Å². The molecular formula is C17H17NO5. The number of benzene rings is 2. The SMILES string of the molecule is COC(=O)c1ccc(NC(=O)c2ccc(OC)c(OC)c2)cc1. The molecule has 23 heavy (non-hydrogen) atoms. The fraction of sp³-hybridized carbons (Fsp3) is 0.176. The summed E-state index contributed by atoms with van der Waals surface area (Å²) in [6, 6.07) is 11.3. The minimum atomic E-state index is -0.428. The van der Waals surface area contributed by atoms with Crippen LogP contribution in [0.2, 0.25) is 0 Å². The van der Waals surface area contributed by atoms with Crippen LogP contribution in [0.3, 0.4) is 0 Å². The van der Waals surface area contributed by atoms with Gasteiger partial charge in [0.1, 0.15) is 0 Å². The second kappa shape index (κ2) is 7.31. The molecule has 6 nitrogen and oxygen atoms in total. The molecular weight excluding hydrogens is 298 g/mol. The van der Waals surface area contributed by atoms with Gasteiger partial charge in [-0.25, -0.2) is 4.79 Å². The van der Waals surface area contributed by atoms with Crippen LogP contribution in [0, 0.1) is 0 Å². The van der Waals surface area contributed by atoms with Crippen LogP contribution in [0.25, 0.3) is 0 Å². The van der Waals surface area contributed by atoms with Crippen molar-refractivity contribution >= 4 is 17.6 Å². The molecule has 2 rings (SSSR count). The van der Waals surface area contributed by atoms with E-state index < -0.39 is 5.97 Å². The highest BCUT2D eigenvalue weighted by atomic mass is 16.5. The predicted molar refractivity (Wildman–Crippen MR) is 85.3 cm³/mol. The highest BCUT2D eigenvalue weighted by molar-refractivity contribution is 6.04. The highest BCUT2D eigenvalue weighted by Crippen LogP contribution is 2.27. The van der Waals surface area contributed by atoms with E-state index in [2.05, 4.69) is 10.1 Å². The van der Waals surface area contributed by atoms with Gasteiger partial charge >= 0.3 is 5.97 Å². The van der Waals surface area contributed by atoms with Crippen LogP contribution in [-0.2, 0) is 4.74 Å². The minimum absolute atomic E-state index is 0.295. The first-order valence-electron chi connectivity index (χ1n) is 6.80. The third kappa shape index (κ3) is 3.79. The van der Waals surface area contributed by atoms with Gasteiger partial charge < -0.3 is 19.5 Å². The first-order chi connectivity index (χ1) is 11.1. The van der Waals surface area contributed by atoms with E-state index in [1.54, 1.807) is 42.5 Å². The molecule has 0 bridgehead atoms. The standard InChI is InChI=1S/C17H17NO5/c1-21-14-9-6-12(10-15(14)22-2)16(19)18-13-7-4-11(5-8-13)17(20)23-3/h4-10H,1-3H3,(H,18,19). The molecule has 120 valence electrons. The molecule has 0 saturated carbocycles. The summed E-state index contributed by atoms with van der Waals surface area (Å²) < 4.78 is 14.9. The lowest BCUT2D eigenvalue weighted by molar-refractivity contribution is 0.0600. The van der Waals surface area contributed by atoms with E-state index in [9.17, 15) is 9.59 Å². The van der Waals surface area contributed by atoms with Crippen molar-refractivity contribution in [3.63, 3.8) is 0 Å². The van der Waals surface area contributed by atoms with E-state index >= 15 is 0 Å². The second-order valence-corrected chi connectivity index (χ2v) is 4.59. The van der Waals surface area contributed by atoms with Crippen LogP contribution >= 0.6 is 0 Å². The third-order valence-electron chi connectivity index (χ3n) is 3.21. The summed E-state index contributed by atoms with van der Waals surface area (Å²) in [5.74, 6) is 0.298. The molecule has 0 unspecified atom stereocenters. The molecule has 2 aromatic carbocycles. The fourth-order valence-corrected chi connectivity index (χ4v) is 1.99. The minimum Gasteiger partial charge on any atom is -0.493 e. The van der Waals surface area contributed by atoms with Crippen molar-refractivity contribution in [1.82, 2.24) is 0 Å². The van der Waals surface area contributed by atoms with Gasteiger partial charge in [0.05, 0.1) is 26.9 Å². The molecule has 2 aromatic rings. The Hall–Kier alpha value is -3.02. The maximum atomic E-state index is 12.3. The van der Waals surface area contributed by atoms with Gasteiger partial charge in [0.25, 0.3) is 5.91 Å². The zero-order valence-electron chi connectivity index (χ0n) is 13.1. The molecule has 0 aromatic heterocycles. The van der Waals surface area contributed by atoms with Crippen molar-refractivity contribution in [3.8, 4) is 11.5 Å². The number of hydrogen-bond donors (Lipinski definition) is 1. The average Bonchev–Trinajstić information content (AvgIpc) is 2.60. The van der Waals surface area contributed by atoms with Crippen molar-refractivity contribution < 1.29 is 23.8 Å². The molecule has 1 amide bonds. The van der Waals surface area contributed by atoms with Crippen LogP contribution in [0.1, 0.15) is 20.7 Å². The van der Waals surface area contributed by atoms with Crippen molar-refractivity contribution in [1.29, 1.82) is 0 Å². The topological polar surface area (TPSA) is 73.9 Å². The molecule has 0 spiro atoms. The van der Waals surface area contributed by atoms with E-state index in [4.69, 9.17) is 9.47 Å². The van der Waals surface area contributed by atoms with Gasteiger partial charge in [-0.1, -0.05) is 0 Å². The van der Waals surface area contributed by atoms with Crippen molar-refractivity contribution in [2.45, 2.75) is 0 Å². The lowest BCUT2D eigenvalue weighted by Crippen LogP contribution is -2.12. The van der Waals surface area contributed by atoms with E-state index in [0.717, 1.165) is 0 Å². The summed E-state index contributed by atoms with van der Waals surface area (Å²) in [6.45, 7) is 0. The fourth-order valence-electron chi connectivity index (χ4n) is 1.99. The number of hydrogen-bond acceptors (Lipinski definition) is 5. The Morgan fingerprint density at radius 3 is 2.00 bits per heavy atom. The molecule has 6 heteroatoms. The number of ether oxygens (including phenoxy) is 3. The first kappa shape index (κ1) is 16.4. The Morgan fingerprint density at radius 1 is 0.826 bits per heavy atom. The van der Waals surface area contributed by atoms with Gasteiger partial charge in [-0.2, -0.15) is 0 Å². The number of methoxy groups -OCH3 is 3. The number of esters is 1. The lowest BCUT2D eigenvalue weighted by atomic mass is 10.1. The van der Waals surface area contributed by atoms with Gasteiger partial charge in [-0.3, -0.25) is 4.79 Å². The number of rotatable bonds is 5. The summed E-state index contributed by atoms with van der Waals surface area (Å²) in [4.78, 5) is 23.6. The molecule has 0 heterocycles. The molecule has 0 aliphatic rings. The zero-order valence-corrected chi connectivity index (χ0v) is 13.1. The Balaban J connectivity index is 2.14. The Morgan fingerprint density at radius 2 is 1.43 bits per heavy atom. The van der Waals surface area contributed by atoms with Crippen molar-refractivity contribution in [2.24, 2.45) is 0 Å². The number of anilines is 1. The van der Waals surface area contributed by atoms with Gasteiger partial charge in [0, 0.05) is 11.3 Å². The van der Waals surface area contributed by atoms with Crippen LogP contribution in [0.5, 0.6) is 11.5 Å². The van der Waals surface area contributed by atoms with E-state index in [1.807, 2.05) is 0 Å². The van der Waals surface area contributed by atoms with Crippen molar-refractivity contribution in [3.05, 3.63) is 53.6 Å². The Labute approximate surface area is 134 Å². The summed E-state index contributed by atoms with van der Waals surface area (Å²) >= 11 is 0. The van der Waals surface area contributed by atoms with Crippen LogP contribution in [-0.4, -0.2) is 33.2 Å². The third-order valence-corrected chi connectivity index (χ3v) is 3.21. The zero-order chi connectivity index (χ0) is 16.8. The van der Waals surface area contributed by atoms with Crippen LogP contribution in [0.4, 0.5) is 5.69 Å². The molecule has 0 aliphatic carbocycles. The average molecular weight is 315 g/mol. The number of nitrogens with one attached hydrogen (secondary N) is 1. The Kier molecular flexibility index (Phi) is 5.19. The summed E-state index contributed by atoms with van der Waals surface area (Å²) in [6.07, 6.45) is 0. The number of carbonyl (C=O) groups excluding carboxylic acids is 2. The molecule has 0 saturated heterocycles. The van der Waals surface area contributed by atoms with Gasteiger partial charge in [0.15, 0.2) is 11.5 Å². The second-order valence-electron chi connectivity index (χ2n) is 4.59. The normalized spacial score (nSPS) is 9.87. The van der Waals surface area contributed by atoms with Crippen LogP contribution < -0.4 is 14.8 Å². The molecule has 0 aliphatic heterocycles. The number of carbonyl (C=O) groups is 2. The monoisotopic (exact) mass is 315 g/mol. The Bertz CT molecular complexity index is 709.